The molecule has 0 aliphatic heterocycles. The summed E-state index contributed by atoms with van der Waals surface area (Å²) >= 11 is 0. The molecule has 134 valence electrons. The van der Waals surface area contributed by atoms with Crippen LogP contribution in [0.25, 0.3) is 38.5 Å². The van der Waals surface area contributed by atoms with E-state index in [-0.39, 0.29) is 0 Å². The molecule has 0 spiro atoms. The molecular formula is C24H24N3+. The average molecular weight is 354 g/mol. The predicted octanol–water partition coefficient (Wildman–Crippen LogP) is 5.36. The van der Waals surface area contributed by atoms with Crippen LogP contribution in [0, 0.1) is 13.8 Å². The molecule has 0 saturated carbocycles. The monoisotopic (exact) mass is 354 g/mol. The molecule has 3 nitrogen and oxygen atoms in total. The van der Waals surface area contributed by atoms with E-state index in [4.69, 9.17) is 4.98 Å². The molecule has 0 aliphatic rings. The highest BCUT2D eigenvalue weighted by molar-refractivity contribution is 6.12. The fourth-order valence-corrected chi connectivity index (χ4v) is 4.45. The standard InChI is InChI=1S/C24H24N3/c1-14(2)17-10-11-19-18(13-17)23-22(15(3)12-16(4)25-23)24-26(5)20-8-6-7-9-21(20)27(19)24/h6-14H,1-5H3/q+1. The second-order valence-electron chi connectivity index (χ2n) is 7.94. The van der Waals surface area contributed by atoms with Crippen LogP contribution in [0.5, 0.6) is 0 Å². The third-order valence-corrected chi connectivity index (χ3v) is 5.77. The number of para-hydroxylation sites is 2. The van der Waals surface area contributed by atoms with Gasteiger partial charge in [-0.05, 0) is 61.2 Å². The van der Waals surface area contributed by atoms with Crippen molar-refractivity contribution in [3.63, 3.8) is 0 Å². The Morgan fingerprint density at radius 3 is 2.52 bits per heavy atom. The fourth-order valence-electron chi connectivity index (χ4n) is 4.45. The molecule has 0 bridgehead atoms. The lowest BCUT2D eigenvalue weighted by Gasteiger charge is -2.11. The zero-order valence-corrected chi connectivity index (χ0v) is 16.5. The van der Waals surface area contributed by atoms with Crippen molar-refractivity contribution in [1.82, 2.24) is 9.38 Å². The molecule has 0 unspecified atom stereocenters. The summed E-state index contributed by atoms with van der Waals surface area (Å²) in [6, 6.07) is 17.7. The van der Waals surface area contributed by atoms with Gasteiger partial charge >= 0.3 is 0 Å². The molecule has 0 N–H and O–H groups in total. The normalized spacial score (nSPS) is 12.2. The van der Waals surface area contributed by atoms with E-state index in [1.165, 1.54) is 44.1 Å². The highest BCUT2D eigenvalue weighted by atomic mass is 15.1. The van der Waals surface area contributed by atoms with Gasteiger partial charge in [0.2, 0.25) is 0 Å². The molecule has 5 aromatic rings. The number of hydrogen-bond donors (Lipinski definition) is 0. The van der Waals surface area contributed by atoms with Gasteiger partial charge in [-0.25, -0.2) is 4.57 Å². The molecule has 3 heterocycles. The Hall–Kier alpha value is -2.94. The summed E-state index contributed by atoms with van der Waals surface area (Å²) in [5.74, 6) is 0.489. The summed E-state index contributed by atoms with van der Waals surface area (Å²) in [5.41, 5.74) is 9.70. The zero-order valence-electron chi connectivity index (χ0n) is 16.5. The van der Waals surface area contributed by atoms with Gasteiger partial charge < -0.3 is 0 Å². The van der Waals surface area contributed by atoms with E-state index in [2.05, 4.69) is 92.2 Å². The summed E-state index contributed by atoms with van der Waals surface area (Å²) in [6.45, 7) is 8.78. The minimum atomic E-state index is 0.489. The van der Waals surface area contributed by atoms with Crippen LogP contribution in [0.15, 0.2) is 48.5 Å². The molecule has 2 aromatic carbocycles. The lowest BCUT2D eigenvalue weighted by atomic mass is 9.99. The van der Waals surface area contributed by atoms with Crippen molar-refractivity contribution in [2.24, 2.45) is 7.05 Å². The number of nitrogens with zero attached hydrogens (tertiary/aromatic N) is 3. The van der Waals surface area contributed by atoms with Crippen molar-refractivity contribution in [1.29, 1.82) is 0 Å². The first kappa shape index (κ1) is 16.2. The van der Waals surface area contributed by atoms with Crippen molar-refractivity contribution >= 4 is 38.5 Å². The van der Waals surface area contributed by atoms with Crippen molar-refractivity contribution in [3.8, 4) is 0 Å². The van der Waals surface area contributed by atoms with Crippen LogP contribution in [0.3, 0.4) is 0 Å². The summed E-state index contributed by atoms with van der Waals surface area (Å²) in [5, 5.41) is 2.48. The van der Waals surface area contributed by atoms with Crippen molar-refractivity contribution in [3.05, 3.63) is 65.4 Å². The molecule has 0 aliphatic carbocycles. The Morgan fingerprint density at radius 1 is 0.963 bits per heavy atom. The highest BCUT2D eigenvalue weighted by Crippen LogP contribution is 2.33. The van der Waals surface area contributed by atoms with Crippen molar-refractivity contribution in [2.45, 2.75) is 33.6 Å². The van der Waals surface area contributed by atoms with Crippen LogP contribution in [0.4, 0.5) is 0 Å². The number of rotatable bonds is 1. The molecule has 3 aromatic heterocycles. The maximum atomic E-state index is 5.00. The van der Waals surface area contributed by atoms with Crippen molar-refractivity contribution in [2.75, 3.05) is 0 Å². The lowest BCUT2D eigenvalue weighted by molar-refractivity contribution is -0.617. The number of aromatic nitrogens is 3. The van der Waals surface area contributed by atoms with Crippen LogP contribution in [-0.2, 0) is 7.05 Å². The summed E-state index contributed by atoms with van der Waals surface area (Å²) < 4.78 is 4.71. The quantitative estimate of drug-likeness (QED) is 0.293. The van der Waals surface area contributed by atoms with Gasteiger partial charge in [0, 0.05) is 11.1 Å². The van der Waals surface area contributed by atoms with E-state index < -0.39 is 0 Å². The number of imidazole rings is 1. The molecule has 27 heavy (non-hydrogen) atoms. The van der Waals surface area contributed by atoms with Crippen LogP contribution in [0.1, 0.15) is 36.6 Å². The number of benzene rings is 2. The van der Waals surface area contributed by atoms with Crippen LogP contribution >= 0.6 is 0 Å². The number of pyridine rings is 2. The van der Waals surface area contributed by atoms with Gasteiger partial charge in [-0.1, -0.05) is 32.0 Å². The topological polar surface area (TPSA) is 21.2 Å². The van der Waals surface area contributed by atoms with Crippen LogP contribution in [-0.4, -0.2) is 9.38 Å². The lowest BCUT2D eigenvalue weighted by Crippen LogP contribution is -2.27. The van der Waals surface area contributed by atoms with Crippen molar-refractivity contribution < 1.29 is 4.57 Å². The molecule has 5 rings (SSSR count). The van der Waals surface area contributed by atoms with Gasteiger partial charge in [0.05, 0.1) is 18.0 Å². The second kappa shape index (κ2) is 5.53. The minimum absolute atomic E-state index is 0.489. The van der Waals surface area contributed by atoms with E-state index in [1.54, 1.807) is 0 Å². The van der Waals surface area contributed by atoms with Gasteiger partial charge in [0.25, 0.3) is 5.65 Å². The third-order valence-electron chi connectivity index (χ3n) is 5.77. The van der Waals surface area contributed by atoms with E-state index in [0.717, 1.165) is 11.2 Å². The van der Waals surface area contributed by atoms with Gasteiger partial charge in [-0.15, -0.1) is 0 Å². The van der Waals surface area contributed by atoms with Gasteiger partial charge in [-0.2, -0.15) is 4.40 Å². The van der Waals surface area contributed by atoms with Crippen LogP contribution < -0.4 is 4.57 Å². The maximum Gasteiger partial charge on any atom is 0.297 e. The molecule has 0 saturated heterocycles. The SMILES string of the molecule is Cc1cc(C)c2c(n1)c1cc(C(C)C)ccc1n1c3ccccc3[n+](C)c21. The van der Waals surface area contributed by atoms with Gasteiger partial charge in [-0.3, -0.25) is 4.98 Å². The van der Waals surface area contributed by atoms with E-state index in [0.29, 0.717) is 5.92 Å². The Labute approximate surface area is 158 Å². The summed E-state index contributed by atoms with van der Waals surface area (Å²) in [7, 11) is 2.16. The number of aryl methyl sites for hydroxylation is 3. The maximum absolute atomic E-state index is 5.00. The Bertz CT molecular complexity index is 1370. The Morgan fingerprint density at radius 2 is 1.74 bits per heavy atom. The molecule has 3 heteroatoms. The Kier molecular flexibility index (Phi) is 3.33. The van der Waals surface area contributed by atoms with E-state index in [1.807, 2.05) is 0 Å². The second-order valence-corrected chi connectivity index (χ2v) is 7.94. The average Bonchev–Trinajstić information content (AvgIpc) is 2.94. The summed E-state index contributed by atoms with van der Waals surface area (Å²) in [4.78, 5) is 5.00. The smallest absolute Gasteiger partial charge is 0.252 e. The minimum Gasteiger partial charge on any atom is -0.252 e. The highest BCUT2D eigenvalue weighted by Gasteiger charge is 2.25. The third kappa shape index (κ3) is 2.14. The van der Waals surface area contributed by atoms with Gasteiger partial charge in [0.1, 0.15) is 5.52 Å². The first-order valence-electron chi connectivity index (χ1n) is 9.60. The summed E-state index contributed by atoms with van der Waals surface area (Å²) in [6.07, 6.45) is 0. The molecule has 0 fully saturated rings. The van der Waals surface area contributed by atoms with Gasteiger partial charge in [0.15, 0.2) is 11.0 Å². The number of fused-ring (bicyclic) bond motifs is 8. The van der Waals surface area contributed by atoms with E-state index >= 15 is 0 Å². The molecule has 0 radical (unpaired) electrons. The predicted molar refractivity (Wildman–Crippen MR) is 112 cm³/mol. The molecule has 0 amide bonds. The van der Waals surface area contributed by atoms with E-state index in [9.17, 15) is 0 Å². The molecular weight excluding hydrogens is 330 g/mol. The fraction of sp³-hybridized carbons (Fsp3) is 0.250. The first-order valence-corrected chi connectivity index (χ1v) is 9.60. The Balaban J connectivity index is 2.19. The number of hydrogen-bond acceptors (Lipinski definition) is 1. The molecule has 0 atom stereocenters. The first-order chi connectivity index (χ1) is 13.0. The van der Waals surface area contributed by atoms with Crippen LogP contribution in [0.2, 0.25) is 0 Å². The zero-order chi connectivity index (χ0) is 18.9. The largest absolute Gasteiger partial charge is 0.297 e.